The molecule has 0 fully saturated rings. The molecule has 0 aliphatic rings. The molecule has 0 saturated carbocycles. The minimum absolute atomic E-state index is 0.00780. The van der Waals surface area contributed by atoms with Crippen LogP contribution in [0.2, 0.25) is 5.02 Å². The van der Waals surface area contributed by atoms with Gasteiger partial charge in [0, 0.05) is 20.5 Å². The first-order valence-corrected chi connectivity index (χ1v) is 11.6. The van der Waals surface area contributed by atoms with Crippen molar-refractivity contribution in [2.24, 2.45) is 5.14 Å². The van der Waals surface area contributed by atoms with Gasteiger partial charge < -0.3 is 4.74 Å². The molecule has 5 nitrogen and oxygen atoms in total. The van der Waals surface area contributed by atoms with Gasteiger partial charge >= 0.3 is 0 Å². The van der Waals surface area contributed by atoms with Gasteiger partial charge in [-0.05, 0) is 47.5 Å². The van der Waals surface area contributed by atoms with Gasteiger partial charge in [0.2, 0.25) is 10.0 Å². The Hall–Kier alpha value is -2.71. The highest BCUT2D eigenvalue weighted by atomic mass is 35.5. The summed E-state index contributed by atoms with van der Waals surface area (Å²) in [6.07, 6.45) is 0. The van der Waals surface area contributed by atoms with Gasteiger partial charge in [-0.25, -0.2) is 13.6 Å². The number of nitrogens with two attached hydrogens (primary N) is 1. The van der Waals surface area contributed by atoms with Crippen LogP contribution >= 0.6 is 22.9 Å². The summed E-state index contributed by atoms with van der Waals surface area (Å²) in [6.45, 7) is 0. The zero-order valence-electron chi connectivity index (χ0n) is 15.8. The Morgan fingerprint density at radius 2 is 1.63 bits per heavy atom. The van der Waals surface area contributed by atoms with Gasteiger partial charge in [-0.3, -0.25) is 4.79 Å². The molecule has 0 amide bonds. The third kappa shape index (κ3) is 3.73. The van der Waals surface area contributed by atoms with Gasteiger partial charge in [-0.2, -0.15) is 0 Å². The fourth-order valence-electron chi connectivity index (χ4n) is 3.23. The van der Waals surface area contributed by atoms with E-state index in [4.69, 9.17) is 21.5 Å². The molecular weight excluding hydrogens is 442 g/mol. The number of ether oxygens (including phenoxy) is 1. The molecular formula is C22H16ClNO4S2. The topological polar surface area (TPSA) is 86.5 Å². The van der Waals surface area contributed by atoms with Crippen molar-refractivity contribution in [3.05, 3.63) is 82.0 Å². The van der Waals surface area contributed by atoms with Crippen molar-refractivity contribution < 1.29 is 13.2 Å². The van der Waals surface area contributed by atoms with Crippen LogP contribution in [-0.4, -0.2) is 15.5 Å². The monoisotopic (exact) mass is 457 g/mol. The number of benzene rings is 3. The molecule has 4 rings (SSSR count). The molecule has 30 heavy (non-hydrogen) atoms. The molecule has 0 bridgehead atoms. The molecule has 0 spiro atoms. The van der Waals surface area contributed by atoms with E-state index in [0.29, 0.717) is 37.7 Å². The lowest BCUT2D eigenvalue weighted by atomic mass is 10.00. The fraction of sp³-hybridized carbons (Fsp3) is 0.0455. The van der Waals surface area contributed by atoms with Crippen molar-refractivity contribution >= 4 is 43.0 Å². The van der Waals surface area contributed by atoms with Gasteiger partial charge in [0.1, 0.15) is 5.75 Å². The van der Waals surface area contributed by atoms with E-state index in [2.05, 4.69) is 0 Å². The molecule has 0 radical (unpaired) electrons. The molecule has 3 aromatic carbocycles. The van der Waals surface area contributed by atoms with Crippen LogP contribution in [0.1, 0.15) is 0 Å². The normalized spacial score (nSPS) is 11.6. The summed E-state index contributed by atoms with van der Waals surface area (Å²) in [5.74, 6) is 0.511. The van der Waals surface area contributed by atoms with Crippen LogP contribution in [0, 0.1) is 0 Å². The van der Waals surface area contributed by atoms with Crippen LogP contribution in [0.5, 0.6) is 5.75 Å². The van der Waals surface area contributed by atoms with Crippen LogP contribution in [0.3, 0.4) is 0 Å². The SMILES string of the molecule is COc1ccc(-c2c(-c3ccc(S(N)(=O)=O)cc3)sc3ccccc3c2=O)cc1Cl. The Balaban J connectivity index is 2.02. The molecule has 152 valence electrons. The number of primary sulfonamides is 1. The summed E-state index contributed by atoms with van der Waals surface area (Å²) in [4.78, 5) is 14.1. The van der Waals surface area contributed by atoms with Crippen LogP contribution in [0.25, 0.3) is 31.7 Å². The Morgan fingerprint density at radius 3 is 2.27 bits per heavy atom. The van der Waals surface area contributed by atoms with Crippen molar-refractivity contribution in [2.75, 3.05) is 7.11 Å². The standard InChI is InChI=1S/C22H16ClNO4S2/c1-28-18-11-8-14(12-17(18)23)20-21(25)16-4-2-3-5-19(16)29-22(20)13-6-9-15(10-7-13)30(24,26)27/h2-12H,1H3,(H2,24,26,27). The predicted octanol–water partition coefficient (Wildman–Crippen LogP) is 4.90. The molecule has 1 aromatic heterocycles. The lowest BCUT2D eigenvalue weighted by Gasteiger charge is -2.12. The number of hydrogen-bond acceptors (Lipinski definition) is 5. The smallest absolute Gasteiger partial charge is 0.238 e. The largest absolute Gasteiger partial charge is 0.495 e. The third-order valence-electron chi connectivity index (χ3n) is 4.68. The minimum atomic E-state index is -3.81. The number of methoxy groups -OCH3 is 1. The van der Waals surface area contributed by atoms with Crippen molar-refractivity contribution in [3.8, 4) is 27.3 Å². The number of rotatable bonds is 4. The fourth-order valence-corrected chi connectivity index (χ4v) is 5.20. The summed E-state index contributed by atoms with van der Waals surface area (Å²) in [5, 5.41) is 6.20. The molecule has 0 saturated heterocycles. The quantitative estimate of drug-likeness (QED) is 0.472. The van der Waals surface area contributed by atoms with E-state index in [1.165, 1.54) is 30.6 Å². The van der Waals surface area contributed by atoms with Crippen LogP contribution in [-0.2, 0) is 10.0 Å². The summed E-state index contributed by atoms with van der Waals surface area (Å²) in [5.41, 5.74) is 1.72. The Bertz CT molecular complexity index is 1430. The molecule has 0 atom stereocenters. The highest BCUT2D eigenvalue weighted by Gasteiger charge is 2.18. The second kappa shape index (κ2) is 7.85. The number of halogens is 1. The van der Waals surface area contributed by atoms with Crippen LogP contribution in [0.15, 0.2) is 76.4 Å². The van der Waals surface area contributed by atoms with E-state index in [1.807, 2.05) is 18.2 Å². The van der Waals surface area contributed by atoms with Crippen molar-refractivity contribution in [2.45, 2.75) is 4.90 Å². The lowest BCUT2D eigenvalue weighted by molar-refractivity contribution is 0.415. The van der Waals surface area contributed by atoms with Gasteiger partial charge in [0.25, 0.3) is 0 Å². The highest BCUT2D eigenvalue weighted by Crippen LogP contribution is 2.39. The molecule has 0 aliphatic heterocycles. The summed E-state index contributed by atoms with van der Waals surface area (Å²) in [7, 11) is -2.29. The predicted molar refractivity (Wildman–Crippen MR) is 122 cm³/mol. The lowest BCUT2D eigenvalue weighted by Crippen LogP contribution is -2.11. The van der Waals surface area contributed by atoms with Crippen LogP contribution in [0.4, 0.5) is 0 Å². The summed E-state index contributed by atoms with van der Waals surface area (Å²) in [6, 6.07) is 18.7. The number of fused-ring (bicyclic) bond motifs is 1. The van der Waals surface area contributed by atoms with E-state index < -0.39 is 10.0 Å². The first-order chi connectivity index (χ1) is 14.3. The third-order valence-corrected chi connectivity index (χ3v) is 7.13. The molecule has 0 unspecified atom stereocenters. The van der Waals surface area contributed by atoms with Crippen molar-refractivity contribution in [3.63, 3.8) is 0 Å². The van der Waals surface area contributed by atoms with Crippen molar-refractivity contribution in [1.29, 1.82) is 0 Å². The van der Waals surface area contributed by atoms with E-state index >= 15 is 0 Å². The van der Waals surface area contributed by atoms with E-state index in [-0.39, 0.29) is 10.3 Å². The van der Waals surface area contributed by atoms with Gasteiger partial charge in [0.15, 0.2) is 5.43 Å². The highest BCUT2D eigenvalue weighted by molar-refractivity contribution is 7.89. The second-order valence-corrected chi connectivity index (χ2v) is 9.57. The molecule has 4 aromatic rings. The molecule has 2 N–H and O–H groups in total. The number of hydrogen-bond donors (Lipinski definition) is 1. The van der Waals surface area contributed by atoms with Gasteiger partial charge in [0.05, 0.1) is 17.0 Å². The zero-order valence-corrected chi connectivity index (χ0v) is 18.1. The first kappa shape index (κ1) is 20.6. The number of sulfonamides is 1. The Morgan fingerprint density at radius 1 is 0.967 bits per heavy atom. The average Bonchev–Trinajstić information content (AvgIpc) is 2.73. The van der Waals surface area contributed by atoms with Gasteiger partial charge in [-0.15, -0.1) is 11.3 Å². The first-order valence-electron chi connectivity index (χ1n) is 8.82. The molecule has 0 aliphatic carbocycles. The van der Waals surface area contributed by atoms with E-state index in [9.17, 15) is 13.2 Å². The average molecular weight is 458 g/mol. The zero-order chi connectivity index (χ0) is 21.5. The van der Waals surface area contributed by atoms with Crippen LogP contribution < -0.4 is 15.3 Å². The summed E-state index contributed by atoms with van der Waals surface area (Å²) < 4.78 is 29.2. The van der Waals surface area contributed by atoms with Crippen molar-refractivity contribution in [1.82, 2.24) is 0 Å². The Kier molecular flexibility index (Phi) is 5.38. The van der Waals surface area contributed by atoms with E-state index in [0.717, 1.165) is 4.70 Å². The summed E-state index contributed by atoms with van der Waals surface area (Å²) >= 11 is 7.76. The minimum Gasteiger partial charge on any atom is -0.495 e. The second-order valence-electron chi connectivity index (χ2n) is 6.55. The maximum atomic E-state index is 13.4. The maximum absolute atomic E-state index is 13.4. The maximum Gasteiger partial charge on any atom is 0.238 e. The molecule has 1 heterocycles. The Labute approximate surface area is 182 Å². The molecule has 8 heteroatoms. The van der Waals surface area contributed by atoms with E-state index in [1.54, 1.807) is 36.4 Å². The van der Waals surface area contributed by atoms with Gasteiger partial charge in [-0.1, -0.05) is 41.9 Å².